The minimum absolute atomic E-state index is 0.0557. The van der Waals surface area contributed by atoms with Crippen LogP contribution in [-0.4, -0.2) is 44.3 Å². The quantitative estimate of drug-likeness (QED) is 0.745. The molecular formula is C15H20N6O2. The van der Waals surface area contributed by atoms with Gasteiger partial charge < -0.3 is 9.64 Å². The lowest BCUT2D eigenvalue weighted by molar-refractivity contribution is 0.0456. The molecule has 0 atom stereocenters. The Morgan fingerprint density at radius 3 is 2.96 bits per heavy atom. The van der Waals surface area contributed by atoms with Gasteiger partial charge in [-0.05, 0) is 41.8 Å². The van der Waals surface area contributed by atoms with E-state index in [0.717, 1.165) is 32.4 Å². The third kappa shape index (κ3) is 3.46. The van der Waals surface area contributed by atoms with E-state index in [1.165, 1.54) is 0 Å². The molecule has 0 amide bonds. The van der Waals surface area contributed by atoms with Crippen LogP contribution >= 0.6 is 0 Å². The van der Waals surface area contributed by atoms with Crippen LogP contribution in [0, 0.1) is 0 Å². The molecule has 3 rings (SSSR count). The smallest absolute Gasteiger partial charge is 0.342 e. The van der Waals surface area contributed by atoms with E-state index >= 15 is 0 Å². The number of nitrogens with zero attached hydrogens (tertiary/aromatic N) is 6. The van der Waals surface area contributed by atoms with E-state index in [1.54, 1.807) is 23.0 Å². The lowest BCUT2D eigenvalue weighted by Crippen LogP contribution is -2.22. The zero-order valence-electron chi connectivity index (χ0n) is 13.2. The molecule has 0 N–H and O–H groups in total. The van der Waals surface area contributed by atoms with Crippen molar-refractivity contribution in [2.24, 2.45) is 0 Å². The first-order valence-electron chi connectivity index (χ1n) is 7.91. The number of ether oxygens (including phenoxy) is 1. The summed E-state index contributed by atoms with van der Waals surface area (Å²) in [5.41, 5.74) is 0.490. The summed E-state index contributed by atoms with van der Waals surface area (Å²) in [6.45, 7) is 4.64. The van der Waals surface area contributed by atoms with Crippen LogP contribution in [0.4, 0.5) is 5.82 Å². The van der Waals surface area contributed by atoms with Gasteiger partial charge in [0.05, 0.1) is 0 Å². The predicted molar refractivity (Wildman–Crippen MR) is 82.9 cm³/mol. The van der Waals surface area contributed by atoms with Crippen molar-refractivity contribution in [1.82, 2.24) is 25.2 Å². The predicted octanol–water partition coefficient (Wildman–Crippen LogP) is 1.44. The summed E-state index contributed by atoms with van der Waals surface area (Å²) < 4.78 is 7.04. The van der Waals surface area contributed by atoms with Crippen molar-refractivity contribution in [1.29, 1.82) is 0 Å². The number of pyridine rings is 1. The molecule has 8 nitrogen and oxygen atoms in total. The molecule has 1 saturated heterocycles. The van der Waals surface area contributed by atoms with Gasteiger partial charge in [-0.15, -0.1) is 5.10 Å². The minimum Gasteiger partial charge on any atom is -0.454 e. The Labute approximate surface area is 134 Å². The average molecular weight is 316 g/mol. The molecule has 0 saturated carbocycles. The number of esters is 1. The maximum Gasteiger partial charge on any atom is 0.342 e. The van der Waals surface area contributed by atoms with E-state index in [-0.39, 0.29) is 6.61 Å². The summed E-state index contributed by atoms with van der Waals surface area (Å²) in [6, 6.07) is 3.50. The molecule has 0 bridgehead atoms. The van der Waals surface area contributed by atoms with Crippen molar-refractivity contribution >= 4 is 11.8 Å². The summed E-state index contributed by atoms with van der Waals surface area (Å²) >= 11 is 0. The molecule has 0 aromatic carbocycles. The molecule has 0 unspecified atom stereocenters. The maximum absolute atomic E-state index is 12.4. The van der Waals surface area contributed by atoms with Gasteiger partial charge in [-0.2, -0.15) is 0 Å². The first-order valence-corrected chi connectivity index (χ1v) is 7.91. The van der Waals surface area contributed by atoms with Gasteiger partial charge in [0.25, 0.3) is 0 Å². The van der Waals surface area contributed by atoms with Gasteiger partial charge in [-0.1, -0.05) is 6.92 Å². The number of rotatable bonds is 6. The summed E-state index contributed by atoms with van der Waals surface area (Å²) in [5, 5.41) is 11.4. The first kappa shape index (κ1) is 15.4. The number of carbonyl (C=O) groups excluding carboxylic acids is 1. The van der Waals surface area contributed by atoms with Crippen molar-refractivity contribution in [2.75, 3.05) is 18.0 Å². The van der Waals surface area contributed by atoms with E-state index in [9.17, 15) is 4.79 Å². The molecule has 1 aliphatic rings. The normalized spacial score (nSPS) is 14.2. The van der Waals surface area contributed by atoms with Gasteiger partial charge in [0.2, 0.25) is 0 Å². The first-order chi connectivity index (χ1) is 11.3. The molecule has 2 aromatic heterocycles. The molecule has 3 heterocycles. The van der Waals surface area contributed by atoms with E-state index in [0.29, 0.717) is 23.8 Å². The Hall–Kier alpha value is -2.51. The fraction of sp³-hybridized carbons (Fsp3) is 0.533. The zero-order chi connectivity index (χ0) is 16.1. The number of aryl methyl sites for hydroxylation is 1. The molecule has 0 spiro atoms. The zero-order valence-corrected chi connectivity index (χ0v) is 13.2. The van der Waals surface area contributed by atoms with Gasteiger partial charge in [-0.3, -0.25) is 0 Å². The van der Waals surface area contributed by atoms with Crippen LogP contribution in [0.1, 0.15) is 42.4 Å². The van der Waals surface area contributed by atoms with E-state index < -0.39 is 5.97 Å². The molecule has 23 heavy (non-hydrogen) atoms. The second-order valence-electron chi connectivity index (χ2n) is 5.46. The highest BCUT2D eigenvalue weighted by Gasteiger charge is 2.22. The molecule has 1 aliphatic heterocycles. The summed E-state index contributed by atoms with van der Waals surface area (Å²) in [6.07, 6.45) is 4.85. The number of carbonyl (C=O) groups is 1. The Balaban J connectivity index is 1.70. The highest BCUT2D eigenvalue weighted by molar-refractivity contribution is 5.94. The number of aromatic nitrogens is 5. The molecule has 1 fully saturated rings. The highest BCUT2D eigenvalue weighted by Crippen LogP contribution is 2.22. The van der Waals surface area contributed by atoms with Gasteiger partial charge in [0, 0.05) is 25.8 Å². The SMILES string of the molecule is CCCn1nnnc1COC(=O)c1cccnc1N1CCCC1. The summed E-state index contributed by atoms with van der Waals surface area (Å²) in [4.78, 5) is 18.9. The van der Waals surface area contributed by atoms with E-state index in [1.807, 2.05) is 6.92 Å². The van der Waals surface area contributed by atoms with Crippen molar-refractivity contribution in [2.45, 2.75) is 39.3 Å². The number of anilines is 1. The van der Waals surface area contributed by atoms with Gasteiger partial charge in [0.1, 0.15) is 11.4 Å². The maximum atomic E-state index is 12.4. The molecule has 122 valence electrons. The Morgan fingerprint density at radius 2 is 2.17 bits per heavy atom. The van der Waals surface area contributed by atoms with E-state index in [4.69, 9.17) is 4.74 Å². The second kappa shape index (κ2) is 7.17. The van der Waals surface area contributed by atoms with Crippen LogP contribution in [0.2, 0.25) is 0 Å². The van der Waals surface area contributed by atoms with Crippen LogP contribution in [0.25, 0.3) is 0 Å². The monoisotopic (exact) mass is 316 g/mol. The average Bonchev–Trinajstić information content (AvgIpc) is 3.25. The number of hydrogen-bond acceptors (Lipinski definition) is 7. The fourth-order valence-corrected chi connectivity index (χ4v) is 2.66. The van der Waals surface area contributed by atoms with Crippen molar-refractivity contribution in [3.05, 3.63) is 29.7 Å². The third-order valence-electron chi connectivity index (χ3n) is 3.79. The van der Waals surface area contributed by atoms with Crippen molar-refractivity contribution < 1.29 is 9.53 Å². The fourth-order valence-electron chi connectivity index (χ4n) is 2.66. The lowest BCUT2D eigenvalue weighted by Gasteiger charge is -2.18. The molecule has 8 heteroatoms. The third-order valence-corrected chi connectivity index (χ3v) is 3.79. The topological polar surface area (TPSA) is 86.0 Å². The van der Waals surface area contributed by atoms with Gasteiger partial charge in [-0.25, -0.2) is 14.5 Å². The summed E-state index contributed by atoms with van der Waals surface area (Å²) in [5.74, 6) is 0.848. The lowest BCUT2D eigenvalue weighted by atomic mass is 10.2. The van der Waals surface area contributed by atoms with E-state index in [2.05, 4.69) is 25.4 Å². The molecule has 0 radical (unpaired) electrons. The standard InChI is InChI=1S/C15H20N6O2/c1-2-8-21-13(17-18-19-21)11-23-15(22)12-6-5-7-16-14(12)20-9-3-4-10-20/h5-7H,2-4,8-11H2,1H3. The van der Waals surface area contributed by atoms with Crippen molar-refractivity contribution in [3.63, 3.8) is 0 Å². The van der Waals surface area contributed by atoms with Crippen LogP contribution in [0.5, 0.6) is 0 Å². The van der Waals surface area contributed by atoms with Crippen LogP contribution in [0.15, 0.2) is 18.3 Å². The van der Waals surface area contributed by atoms with Crippen LogP contribution < -0.4 is 4.90 Å². The Morgan fingerprint density at radius 1 is 1.35 bits per heavy atom. The molecular weight excluding hydrogens is 296 g/mol. The Bertz CT molecular complexity index is 665. The van der Waals surface area contributed by atoms with Crippen LogP contribution in [0.3, 0.4) is 0 Å². The highest BCUT2D eigenvalue weighted by atomic mass is 16.5. The largest absolute Gasteiger partial charge is 0.454 e. The van der Waals surface area contributed by atoms with Crippen molar-refractivity contribution in [3.8, 4) is 0 Å². The number of hydrogen-bond donors (Lipinski definition) is 0. The number of tetrazole rings is 1. The van der Waals surface area contributed by atoms with Crippen LogP contribution in [-0.2, 0) is 17.9 Å². The van der Waals surface area contributed by atoms with Gasteiger partial charge >= 0.3 is 5.97 Å². The molecule has 0 aliphatic carbocycles. The molecule has 2 aromatic rings. The second-order valence-corrected chi connectivity index (χ2v) is 5.46. The minimum atomic E-state index is -0.397. The van der Waals surface area contributed by atoms with Gasteiger partial charge in [0.15, 0.2) is 12.4 Å². The Kier molecular flexibility index (Phi) is 4.80. The summed E-state index contributed by atoms with van der Waals surface area (Å²) in [7, 11) is 0.